The summed E-state index contributed by atoms with van der Waals surface area (Å²) in [5, 5.41) is 2.98. The van der Waals surface area contributed by atoms with Crippen molar-refractivity contribution in [3.63, 3.8) is 0 Å². The largest absolute Gasteiger partial charge is 0.497 e. The molecule has 0 spiro atoms. The Morgan fingerprint density at radius 1 is 1.20 bits per heavy atom. The van der Waals surface area contributed by atoms with Crippen LogP contribution in [0.5, 0.6) is 11.5 Å². The van der Waals surface area contributed by atoms with Crippen molar-refractivity contribution in [3.05, 3.63) is 18.2 Å². The molecule has 0 radical (unpaired) electrons. The van der Waals surface area contributed by atoms with Gasteiger partial charge in [-0.05, 0) is 39.1 Å². The van der Waals surface area contributed by atoms with E-state index in [4.69, 9.17) is 14.2 Å². The number of nitrogens with zero attached hydrogens (tertiary/aromatic N) is 2. The number of nitrogens with one attached hydrogen (secondary N) is 1. The van der Waals surface area contributed by atoms with Gasteiger partial charge in [0.2, 0.25) is 0 Å². The maximum absolute atomic E-state index is 12.9. The van der Waals surface area contributed by atoms with E-state index >= 15 is 0 Å². The Hall–Kier alpha value is -1.99. The predicted octanol–water partition coefficient (Wildman–Crippen LogP) is 2.28. The SMILES string of the molecule is COc1ccc(NC(=O)N(CCN(C)C)C2CCOCC2)c(OC)c1. The molecule has 0 bridgehead atoms. The molecule has 1 aromatic rings. The molecular formula is C18H29N3O4. The third-order valence-corrected chi connectivity index (χ3v) is 4.33. The number of benzene rings is 1. The second kappa shape index (κ2) is 9.48. The fourth-order valence-electron chi connectivity index (χ4n) is 2.84. The average molecular weight is 351 g/mol. The smallest absolute Gasteiger partial charge is 0.322 e. The lowest BCUT2D eigenvalue weighted by atomic mass is 10.1. The number of likely N-dealkylation sites (N-methyl/N-ethyl adjacent to an activating group) is 1. The van der Waals surface area contributed by atoms with Crippen LogP contribution in [-0.4, -0.2) is 76.5 Å². The second-order valence-electron chi connectivity index (χ2n) is 6.34. The van der Waals surface area contributed by atoms with Gasteiger partial charge in [0.1, 0.15) is 11.5 Å². The van der Waals surface area contributed by atoms with Crippen LogP contribution in [0.4, 0.5) is 10.5 Å². The molecule has 0 atom stereocenters. The Kier molecular flexibility index (Phi) is 7.33. The maximum Gasteiger partial charge on any atom is 0.322 e. The zero-order valence-electron chi connectivity index (χ0n) is 15.6. The zero-order valence-corrected chi connectivity index (χ0v) is 15.6. The first-order valence-electron chi connectivity index (χ1n) is 8.57. The summed E-state index contributed by atoms with van der Waals surface area (Å²) >= 11 is 0. The van der Waals surface area contributed by atoms with E-state index in [1.165, 1.54) is 0 Å². The Morgan fingerprint density at radius 3 is 2.52 bits per heavy atom. The van der Waals surface area contributed by atoms with Crippen molar-refractivity contribution in [2.45, 2.75) is 18.9 Å². The fraction of sp³-hybridized carbons (Fsp3) is 0.611. The monoisotopic (exact) mass is 351 g/mol. The minimum Gasteiger partial charge on any atom is -0.497 e. The van der Waals surface area contributed by atoms with Gasteiger partial charge in [-0.3, -0.25) is 0 Å². The van der Waals surface area contributed by atoms with Gasteiger partial charge >= 0.3 is 6.03 Å². The molecule has 0 aliphatic carbocycles. The van der Waals surface area contributed by atoms with Crippen molar-refractivity contribution in [2.75, 3.05) is 59.9 Å². The summed E-state index contributed by atoms with van der Waals surface area (Å²) in [4.78, 5) is 16.9. The summed E-state index contributed by atoms with van der Waals surface area (Å²) in [6.45, 7) is 2.87. The summed E-state index contributed by atoms with van der Waals surface area (Å²) in [6.07, 6.45) is 1.72. The van der Waals surface area contributed by atoms with Gasteiger partial charge in [0.05, 0.1) is 19.9 Å². The first-order valence-corrected chi connectivity index (χ1v) is 8.57. The zero-order chi connectivity index (χ0) is 18.2. The number of methoxy groups -OCH3 is 2. The minimum atomic E-state index is -0.114. The Bertz CT molecular complexity index is 559. The van der Waals surface area contributed by atoms with Gasteiger partial charge in [-0.15, -0.1) is 0 Å². The molecule has 1 aliphatic heterocycles. The van der Waals surface area contributed by atoms with Gasteiger partial charge < -0.3 is 29.3 Å². The number of carbonyl (C=O) groups is 1. The molecule has 1 saturated heterocycles. The van der Waals surface area contributed by atoms with Crippen molar-refractivity contribution in [1.29, 1.82) is 0 Å². The summed E-state index contributed by atoms with van der Waals surface area (Å²) in [7, 11) is 7.19. The van der Waals surface area contributed by atoms with Gasteiger partial charge in [0, 0.05) is 38.4 Å². The van der Waals surface area contributed by atoms with Crippen LogP contribution in [-0.2, 0) is 4.74 Å². The molecule has 140 valence electrons. The molecule has 2 rings (SSSR count). The Balaban J connectivity index is 2.12. The van der Waals surface area contributed by atoms with Gasteiger partial charge in [0.15, 0.2) is 0 Å². The van der Waals surface area contributed by atoms with Crippen molar-refractivity contribution < 1.29 is 19.0 Å². The molecule has 2 amide bonds. The number of urea groups is 1. The molecule has 1 fully saturated rings. The average Bonchev–Trinajstić information content (AvgIpc) is 2.62. The molecule has 1 heterocycles. The van der Waals surface area contributed by atoms with Crippen molar-refractivity contribution in [1.82, 2.24) is 9.80 Å². The standard InChI is InChI=1S/C18H29N3O4/c1-20(2)9-10-21(14-7-11-25-12-8-14)18(22)19-16-6-5-15(23-3)13-17(16)24-4/h5-6,13-14H,7-12H2,1-4H3,(H,19,22). The molecule has 7 nitrogen and oxygen atoms in total. The first kappa shape index (κ1) is 19.3. The minimum absolute atomic E-state index is 0.114. The van der Waals surface area contributed by atoms with Crippen LogP contribution >= 0.6 is 0 Å². The summed E-state index contributed by atoms with van der Waals surface area (Å²) < 4.78 is 16.0. The molecule has 0 aromatic heterocycles. The molecular weight excluding hydrogens is 322 g/mol. The van der Waals surface area contributed by atoms with E-state index in [0.29, 0.717) is 36.9 Å². The van der Waals surface area contributed by atoms with E-state index in [1.54, 1.807) is 32.4 Å². The van der Waals surface area contributed by atoms with Crippen LogP contribution in [0.1, 0.15) is 12.8 Å². The molecule has 25 heavy (non-hydrogen) atoms. The molecule has 7 heteroatoms. The molecule has 0 saturated carbocycles. The quantitative estimate of drug-likeness (QED) is 0.816. The number of ether oxygens (including phenoxy) is 3. The van der Waals surface area contributed by atoms with Crippen molar-refractivity contribution >= 4 is 11.7 Å². The Labute approximate surface area is 149 Å². The van der Waals surface area contributed by atoms with Crippen LogP contribution in [0.3, 0.4) is 0 Å². The third-order valence-electron chi connectivity index (χ3n) is 4.33. The van der Waals surface area contributed by atoms with E-state index in [1.807, 2.05) is 19.0 Å². The van der Waals surface area contributed by atoms with Crippen molar-refractivity contribution in [3.8, 4) is 11.5 Å². The Morgan fingerprint density at radius 2 is 1.92 bits per heavy atom. The van der Waals surface area contributed by atoms with E-state index in [-0.39, 0.29) is 12.1 Å². The number of carbonyl (C=O) groups excluding carboxylic acids is 1. The van der Waals surface area contributed by atoms with Gasteiger partial charge in [-0.1, -0.05) is 0 Å². The number of rotatable bonds is 7. The third kappa shape index (κ3) is 5.51. The van der Waals surface area contributed by atoms with Gasteiger partial charge in [-0.25, -0.2) is 4.79 Å². The normalized spacial score (nSPS) is 15.1. The van der Waals surface area contributed by atoms with Crippen LogP contribution < -0.4 is 14.8 Å². The van der Waals surface area contributed by atoms with E-state index in [2.05, 4.69) is 10.2 Å². The van der Waals surface area contributed by atoms with E-state index in [0.717, 1.165) is 19.4 Å². The number of amides is 2. The van der Waals surface area contributed by atoms with Crippen LogP contribution in [0, 0.1) is 0 Å². The fourth-order valence-corrected chi connectivity index (χ4v) is 2.84. The van der Waals surface area contributed by atoms with E-state index in [9.17, 15) is 4.79 Å². The summed E-state index contributed by atoms with van der Waals surface area (Å²) in [5.41, 5.74) is 0.634. The highest BCUT2D eigenvalue weighted by molar-refractivity contribution is 5.91. The molecule has 0 unspecified atom stereocenters. The number of hydrogen-bond acceptors (Lipinski definition) is 5. The van der Waals surface area contributed by atoms with Crippen LogP contribution in [0.2, 0.25) is 0 Å². The summed E-state index contributed by atoms with van der Waals surface area (Å²) in [5.74, 6) is 1.26. The lowest BCUT2D eigenvalue weighted by Crippen LogP contribution is -2.48. The number of hydrogen-bond donors (Lipinski definition) is 1. The van der Waals surface area contributed by atoms with Gasteiger partial charge in [-0.2, -0.15) is 0 Å². The highest BCUT2D eigenvalue weighted by atomic mass is 16.5. The second-order valence-corrected chi connectivity index (χ2v) is 6.34. The van der Waals surface area contributed by atoms with Crippen LogP contribution in [0.25, 0.3) is 0 Å². The van der Waals surface area contributed by atoms with Gasteiger partial charge in [0.25, 0.3) is 0 Å². The molecule has 1 N–H and O–H groups in total. The lowest BCUT2D eigenvalue weighted by Gasteiger charge is -2.35. The topological polar surface area (TPSA) is 63.3 Å². The molecule has 1 aliphatic rings. The predicted molar refractivity (Wildman–Crippen MR) is 97.7 cm³/mol. The molecule has 1 aromatic carbocycles. The first-order chi connectivity index (χ1) is 12.0. The highest BCUT2D eigenvalue weighted by Gasteiger charge is 2.26. The van der Waals surface area contributed by atoms with Crippen LogP contribution in [0.15, 0.2) is 18.2 Å². The summed E-state index contributed by atoms with van der Waals surface area (Å²) in [6, 6.07) is 5.43. The highest BCUT2D eigenvalue weighted by Crippen LogP contribution is 2.29. The lowest BCUT2D eigenvalue weighted by molar-refractivity contribution is 0.0466. The number of anilines is 1. The van der Waals surface area contributed by atoms with Crippen molar-refractivity contribution in [2.24, 2.45) is 0 Å². The maximum atomic E-state index is 12.9. The van der Waals surface area contributed by atoms with E-state index < -0.39 is 0 Å².